The number of sulfonamides is 1. The molecule has 0 aliphatic rings. The van der Waals surface area contributed by atoms with Crippen molar-refractivity contribution >= 4 is 10.0 Å². The number of hydrogen-bond donors (Lipinski definition) is 1. The van der Waals surface area contributed by atoms with E-state index in [4.69, 9.17) is 9.66 Å². The fourth-order valence-corrected chi connectivity index (χ4v) is 3.68. The topological polar surface area (TPSA) is 86.2 Å². The van der Waals surface area contributed by atoms with Crippen molar-refractivity contribution in [3.8, 4) is 22.4 Å². The molecule has 29 heavy (non-hydrogen) atoms. The van der Waals surface area contributed by atoms with Gasteiger partial charge in [-0.15, -0.1) is 0 Å². The van der Waals surface area contributed by atoms with Crippen LogP contribution in [-0.2, 0) is 16.2 Å². The van der Waals surface area contributed by atoms with Crippen LogP contribution >= 0.6 is 0 Å². The van der Waals surface area contributed by atoms with Gasteiger partial charge in [-0.3, -0.25) is 0 Å². The maximum Gasteiger partial charge on any atom is 0.416 e. The van der Waals surface area contributed by atoms with Gasteiger partial charge in [0.05, 0.1) is 11.1 Å². The van der Waals surface area contributed by atoms with Gasteiger partial charge in [0.1, 0.15) is 23.1 Å². The smallest absolute Gasteiger partial charge is 0.360 e. The van der Waals surface area contributed by atoms with Crippen LogP contribution in [0.3, 0.4) is 0 Å². The molecule has 0 radical (unpaired) electrons. The first-order chi connectivity index (χ1) is 13.3. The predicted octanol–water partition coefficient (Wildman–Crippen LogP) is 4.57. The number of benzene rings is 2. The number of hydrogen-bond acceptors (Lipinski definition) is 4. The highest BCUT2D eigenvalue weighted by Crippen LogP contribution is 2.38. The molecule has 11 heteroatoms. The van der Waals surface area contributed by atoms with Gasteiger partial charge in [0.2, 0.25) is 10.0 Å². The van der Waals surface area contributed by atoms with Crippen molar-refractivity contribution in [2.24, 2.45) is 5.14 Å². The average Bonchev–Trinajstić information content (AvgIpc) is 2.93. The van der Waals surface area contributed by atoms with Crippen LogP contribution < -0.4 is 5.14 Å². The molecule has 154 valence electrons. The first-order valence-corrected chi connectivity index (χ1v) is 9.52. The second-order valence-electron chi connectivity index (χ2n) is 6.30. The van der Waals surface area contributed by atoms with Gasteiger partial charge in [-0.25, -0.2) is 22.3 Å². The molecule has 1 aromatic heterocycles. The SMILES string of the molecule is Cc1cc(-c2noc(C)c2-c2cc(F)c(S(N)(=O)=O)c(F)c2)ccc1C(F)(F)F. The Morgan fingerprint density at radius 1 is 1.00 bits per heavy atom. The third kappa shape index (κ3) is 3.87. The molecule has 0 amide bonds. The molecule has 0 saturated carbocycles. The standard InChI is InChI=1S/C18H13F5N2O3S/c1-8-5-10(3-4-12(8)18(21,22)23)16-15(9(2)28-25-16)11-6-13(19)17(14(20)7-11)29(24,26)27/h3-7H,1-2H3,(H2,24,26,27). The van der Waals surface area contributed by atoms with E-state index < -0.39 is 38.3 Å². The number of halogens is 5. The number of aryl methyl sites for hydroxylation is 2. The summed E-state index contributed by atoms with van der Waals surface area (Å²) >= 11 is 0. The summed E-state index contributed by atoms with van der Waals surface area (Å²) in [7, 11) is -4.64. The summed E-state index contributed by atoms with van der Waals surface area (Å²) < 4.78 is 95.2. The maximum atomic E-state index is 14.2. The number of nitrogens with zero attached hydrogens (tertiary/aromatic N) is 1. The molecule has 5 nitrogen and oxygen atoms in total. The lowest BCUT2D eigenvalue weighted by molar-refractivity contribution is -0.138. The minimum absolute atomic E-state index is 0.0430. The molecule has 0 fully saturated rings. The van der Waals surface area contributed by atoms with Crippen LogP contribution in [-0.4, -0.2) is 13.6 Å². The number of alkyl halides is 3. The Balaban J connectivity index is 2.19. The molecule has 0 atom stereocenters. The molecule has 0 aliphatic carbocycles. The molecule has 0 saturated heterocycles. The van der Waals surface area contributed by atoms with E-state index in [1.165, 1.54) is 19.9 Å². The van der Waals surface area contributed by atoms with Crippen LogP contribution in [0.15, 0.2) is 39.8 Å². The molecular formula is C18H13F5N2O3S. The largest absolute Gasteiger partial charge is 0.416 e. The van der Waals surface area contributed by atoms with E-state index in [0.717, 1.165) is 24.3 Å². The highest BCUT2D eigenvalue weighted by atomic mass is 32.2. The normalized spacial score (nSPS) is 12.4. The fourth-order valence-electron chi connectivity index (χ4n) is 3.01. The van der Waals surface area contributed by atoms with Crippen LogP contribution in [0.25, 0.3) is 22.4 Å². The molecule has 0 spiro atoms. The summed E-state index contributed by atoms with van der Waals surface area (Å²) in [6.07, 6.45) is -4.54. The molecule has 3 aromatic rings. The quantitative estimate of drug-likeness (QED) is 0.615. The van der Waals surface area contributed by atoms with E-state index in [2.05, 4.69) is 5.16 Å². The molecule has 0 bridgehead atoms. The van der Waals surface area contributed by atoms with Crippen molar-refractivity contribution in [1.82, 2.24) is 5.16 Å². The minimum Gasteiger partial charge on any atom is -0.360 e. The van der Waals surface area contributed by atoms with E-state index in [0.29, 0.717) is 0 Å². The number of rotatable bonds is 3. The predicted molar refractivity (Wildman–Crippen MR) is 93.1 cm³/mol. The van der Waals surface area contributed by atoms with Crippen LogP contribution in [0, 0.1) is 25.5 Å². The van der Waals surface area contributed by atoms with Crippen molar-refractivity contribution in [2.45, 2.75) is 24.9 Å². The molecule has 0 aliphatic heterocycles. The van der Waals surface area contributed by atoms with Gasteiger partial charge in [-0.05, 0) is 49.2 Å². The zero-order chi connectivity index (χ0) is 21.7. The lowest BCUT2D eigenvalue weighted by atomic mass is 9.96. The number of primary sulfonamides is 1. The highest BCUT2D eigenvalue weighted by Gasteiger charge is 2.32. The van der Waals surface area contributed by atoms with Gasteiger partial charge in [0.25, 0.3) is 0 Å². The molecule has 2 N–H and O–H groups in total. The maximum absolute atomic E-state index is 14.2. The Bertz CT molecular complexity index is 1190. The minimum atomic E-state index is -4.64. The molecular weight excluding hydrogens is 419 g/mol. The number of nitrogens with two attached hydrogens (primary N) is 1. The van der Waals surface area contributed by atoms with Gasteiger partial charge in [0.15, 0.2) is 4.90 Å². The Morgan fingerprint density at radius 3 is 2.07 bits per heavy atom. The van der Waals surface area contributed by atoms with E-state index in [-0.39, 0.29) is 33.7 Å². The van der Waals surface area contributed by atoms with Crippen LogP contribution in [0.5, 0.6) is 0 Å². The summed E-state index contributed by atoms with van der Waals surface area (Å²) in [5.74, 6) is -2.71. The first-order valence-electron chi connectivity index (χ1n) is 7.97. The molecule has 1 heterocycles. The number of aromatic nitrogens is 1. The Labute approximate surface area is 162 Å². The second kappa shape index (κ2) is 6.92. The molecule has 0 unspecified atom stereocenters. The van der Waals surface area contributed by atoms with E-state index in [1.54, 1.807) is 0 Å². The van der Waals surface area contributed by atoms with Gasteiger partial charge >= 0.3 is 6.18 Å². The lowest BCUT2D eigenvalue weighted by Crippen LogP contribution is -2.16. The zero-order valence-electron chi connectivity index (χ0n) is 14.9. The van der Waals surface area contributed by atoms with Gasteiger partial charge in [0, 0.05) is 5.56 Å². The van der Waals surface area contributed by atoms with Crippen LogP contribution in [0.4, 0.5) is 22.0 Å². The lowest BCUT2D eigenvalue weighted by Gasteiger charge is -2.12. The molecule has 3 rings (SSSR count). The van der Waals surface area contributed by atoms with E-state index in [1.807, 2.05) is 0 Å². The van der Waals surface area contributed by atoms with Crippen LogP contribution in [0.1, 0.15) is 16.9 Å². The third-order valence-electron chi connectivity index (χ3n) is 4.24. The first kappa shape index (κ1) is 20.9. The molecule has 2 aromatic carbocycles. The van der Waals surface area contributed by atoms with Crippen molar-refractivity contribution in [3.63, 3.8) is 0 Å². The summed E-state index contributed by atoms with van der Waals surface area (Å²) in [6, 6.07) is 4.71. The Hall–Kier alpha value is -2.79. The zero-order valence-corrected chi connectivity index (χ0v) is 15.8. The highest BCUT2D eigenvalue weighted by molar-refractivity contribution is 7.89. The van der Waals surface area contributed by atoms with Gasteiger partial charge in [-0.1, -0.05) is 11.2 Å². The van der Waals surface area contributed by atoms with Crippen molar-refractivity contribution < 1.29 is 34.9 Å². The van der Waals surface area contributed by atoms with Crippen molar-refractivity contribution in [3.05, 3.63) is 58.9 Å². The third-order valence-corrected chi connectivity index (χ3v) is 5.20. The van der Waals surface area contributed by atoms with Crippen LogP contribution in [0.2, 0.25) is 0 Å². The second-order valence-corrected chi connectivity index (χ2v) is 7.80. The van der Waals surface area contributed by atoms with Crippen molar-refractivity contribution in [2.75, 3.05) is 0 Å². The average molecular weight is 432 g/mol. The van der Waals surface area contributed by atoms with Crippen molar-refractivity contribution in [1.29, 1.82) is 0 Å². The Morgan fingerprint density at radius 2 is 1.59 bits per heavy atom. The summed E-state index contributed by atoms with van der Waals surface area (Å²) in [5.41, 5.74) is -0.664. The summed E-state index contributed by atoms with van der Waals surface area (Å²) in [4.78, 5) is -1.29. The van der Waals surface area contributed by atoms with E-state index >= 15 is 0 Å². The van der Waals surface area contributed by atoms with E-state index in [9.17, 15) is 30.4 Å². The summed E-state index contributed by atoms with van der Waals surface area (Å²) in [5, 5.41) is 8.60. The van der Waals surface area contributed by atoms with Gasteiger partial charge < -0.3 is 4.52 Å². The fraction of sp³-hybridized carbons (Fsp3) is 0.167. The monoisotopic (exact) mass is 432 g/mol. The Kier molecular flexibility index (Phi) is 4.99. The summed E-state index contributed by atoms with van der Waals surface area (Å²) in [6.45, 7) is 2.70. The van der Waals surface area contributed by atoms with Gasteiger partial charge in [-0.2, -0.15) is 13.2 Å².